The van der Waals surface area contributed by atoms with Gasteiger partial charge in [-0.2, -0.15) is 0 Å². The second-order valence-corrected chi connectivity index (χ2v) is 8.30. The molecule has 5 heteroatoms. The third kappa shape index (κ3) is 5.21. The summed E-state index contributed by atoms with van der Waals surface area (Å²) in [7, 11) is 0. The number of benzene rings is 2. The van der Waals surface area contributed by atoms with E-state index in [1.165, 1.54) is 24.3 Å². The maximum absolute atomic E-state index is 13.7. The molecule has 0 aliphatic rings. The Labute approximate surface area is 188 Å². The molecule has 0 radical (unpaired) electrons. The lowest BCUT2D eigenvalue weighted by molar-refractivity contribution is -0.107. The van der Waals surface area contributed by atoms with Crippen molar-refractivity contribution in [3.63, 3.8) is 0 Å². The van der Waals surface area contributed by atoms with Crippen LogP contribution >= 0.6 is 0 Å². The lowest BCUT2D eigenvalue weighted by Gasteiger charge is -2.16. The minimum Gasteiger partial charge on any atom is -0.339 e. The van der Waals surface area contributed by atoms with Crippen LogP contribution in [0, 0.1) is 11.6 Å². The lowest BCUT2D eigenvalue weighted by Crippen LogP contribution is -2.10. The fraction of sp³-hybridized carbons (Fsp3) is 0.333. The van der Waals surface area contributed by atoms with Crippen molar-refractivity contribution >= 4 is 12.6 Å². The van der Waals surface area contributed by atoms with Gasteiger partial charge in [-0.3, -0.25) is 4.79 Å². The second-order valence-electron chi connectivity index (χ2n) is 8.30. The normalized spacial score (nSPS) is 11.2. The van der Waals surface area contributed by atoms with Gasteiger partial charge in [-0.15, -0.1) is 0 Å². The first-order chi connectivity index (χ1) is 15.5. The van der Waals surface area contributed by atoms with Crippen molar-refractivity contribution < 1.29 is 18.4 Å². The van der Waals surface area contributed by atoms with Crippen LogP contribution in [0.5, 0.6) is 0 Å². The van der Waals surface area contributed by atoms with E-state index in [-0.39, 0.29) is 17.7 Å². The highest BCUT2D eigenvalue weighted by atomic mass is 19.1. The molecular weight excluding hydrogens is 408 g/mol. The van der Waals surface area contributed by atoms with E-state index in [9.17, 15) is 18.4 Å². The molecule has 3 rings (SSSR count). The van der Waals surface area contributed by atoms with E-state index >= 15 is 0 Å². The zero-order valence-electron chi connectivity index (χ0n) is 18.6. The minimum atomic E-state index is -0.344. The fourth-order valence-corrected chi connectivity index (χ4v) is 4.32. The van der Waals surface area contributed by atoms with Gasteiger partial charge in [-0.25, -0.2) is 8.78 Å². The molecule has 3 nitrogen and oxygen atoms in total. The van der Waals surface area contributed by atoms with Crippen LogP contribution in [0.4, 0.5) is 8.78 Å². The number of hydrogen-bond acceptors (Lipinski definition) is 2. The zero-order valence-corrected chi connectivity index (χ0v) is 18.6. The van der Waals surface area contributed by atoms with Crippen molar-refractivity contribution in [2.75, 3.05) is 0 Å². The Morgan fingerprint density at radius 2 is 1.31 bits per heavy atom. The number of nitrogens with zero attached hydrogens (tertiary/aromatic N) is 1. The summed E-state index contributed by atoms with van der Waals surface area (Å²) in [6, 6.07) is 12.5. The highest BCUT2D eigenvalue weighted by molar-refractivity contribution is 5.97. The van der Waals surface area contributed by atoms with Gasteiger partial charge in [0.2, 0.25) is 0 Å². The molecule has 32 heavy (non-hydrogen) atoms. The number of aldehydes is 2. The maximum Gasteiger partial charge on any atom is 0.167 e. The molecule has 1 heterocycles. The Hall–Kier alpha value is -3.08. The van der Waals surface area contributed by atoms with Gasteiger partial charge in [0.05, 0.1) is 5.69 Å². The van der Waals surface area contributed by atoms with Crippen molar-refractivity contribution in [2.45, 2.75) is 58.4 Å². The summed E-state index contributed by atoms with van der Waals surface area (Å²) >= 11 is 0. The molecule has 0 fully saturated rings. The van der Waals surface area contributed by atoms with Crippen molar-refractivity contribution in [3.05, 3.63) is 71.6 Å². The highest BCUT2D eigenvalue weighted by Crippen LogP contribution is 2.42. The van der Waals surface area contributed by atoms with E-state index in [2.05, 4.69) is 4.57 Å². The van der Waals surface area contributed by atoms with Crippen molar-refractivity contribution in [1.82, 2.24) is 4.57 Å². The summed E-state index contributed by atoms with van der Waals surface area (Å²) in [5, 5.41) is 0. The van der Waals surface area contributed by atoms with Gasteiger partial charge >= 0.3 is 0 Å². The molecule has 0 amide bonds. The monoisotopic (exact) mass is 437 g/mol. The zero-order chi connectivity index (χ0) is 23.1. The quantitative estimate of drug-likeness (QED) is 0.235. The van der Waals surface area contributed by atoms with Gasteiger partial charge in [-0.1, -0.05) is 37.1 Å². The summed E-state index contributed by atoms with van der Waals surface area (Å²) in [6.07, 6.45) is 6.86. The molecule has 0 saturated heterocycles. The summed E-state index contributed by atoms with van der Waals surface area (Å²) < 4.78 is 29.3. The van der Waals surface area contributed by atoms with Crippen LogP contribution in [0.15, 0.2) is 48.5 Å². The molecule has 0 atom stereocenters. The third-order valence-electron chi connectivity index (χ3n) is 5.72. The largest absolute Gasteiger partial charge is 0.339 e. The Balaban J connectivity index is 2.16. The molecule has 0 N–H and O–H groups in total. The molecule has 1 aromatic heterocycles. The Kier molecular flexibility index (Phi) is 8.09. The Morgan fingerprint density at radius 1 is 0.781 bits per heavy atom. The summed E-state index contributed by atoms with van der Waals surface area (Å²) in [4.78, 5) is 22.9. The number of hydrogen-bond donors (Lipinski definition) is 0. The predicted octanol–water partition coefficient (Wildman–Crippen LogP) is 7.19. The van der Waals surface area contributed by atoms with Gasteiger partial charge in [0.25, 0.3) is 0 Å². The van der Waals surface area contributed by atoms with E-state index in [0.29, 0.717) is 12.1 Å². The maximum atomic E-state index is 13.7. The number of halogens is 2. The summed E-state index contributed by atoms with van der Waals surface area (Å²) in [5.74, 6) is -0.670. The minimum absolute atomic E-state index is 0.0358. The Morgan fingerprint density at radius 3 is 1.81 bits per heavy atom. The molecule has 168 valence electrons. The fourth-order valence-electron chi connectivity index (χ4n) is 4.32. The van der Waals surface area contributed by atoms with Crippen LogP contribution < -0.4 is 0 Å². The standard InChI is InChI=1S/C27H29F2NO2/c1-19(2)30-24(8-6-4-3-5-7-17-31)26(20-9-13-22(28)14-10-20)27(25(30)18-32)21-11-15-23(29)16-12-21/h9-19H,3-8H2,1-2H3. The molecule has 0 unspecified atom stereocenters. The van der Waals surface area contributed by atoms with E-state index in [0.717, 1.165) is 72.6 Å². The van der Waals surface area contributed by atoms with E-state index in [4.69, 9.17) is 0 Å². The van der Waals surface area contributed by atoms with Crippen LogP contribution in [0.2, 0.25) is 0 Å². The molecule has 3 aromatic rings. The van der Waals surface area contributed by atoms with Gasteiger partial charge in [-0.05, 0) is 68.5 Å². The molecule has 0 saturated carbocycles. The second kappa shape index (κ2) is 11.0. The number of rotatable bonds is 11. The number of unbranched alkanes of at least 4 members (excludes halogenated alkanes) is 4. The topological polar surface area (TPSA) is 39.1 Å². The van der Waals surface area contributed by atoms with Crippen LogP contribution in [-0.4, -0.2) is 17.1 Å². The SMILES string of the molecule is CC(C)n1c(C=O)c(-c2ccc(F)cc2)c(-c2ccc(F)cc2)c1CCCCCCC=O. The number of carbonyl (C=O) groups is 2. The van der Waals surface area contributed by atoms with Crippen molar-refractivity contribution in [2.24, 2.45) is 0 Å². The molecule has 0 bridgehead atoms. The molecule has 0 spiro atoms. The molecule has 2 aromatic carbocycles. The highest BCUT2D eigenvalue weighted by Gasteiger charge is 2.25. The van der Waals surface area contributed by atoms with E-state index in [1.807, 2.05) is 13.8 Å². The van der Waals surface area contributed by atoms with Crippen molar-refractivity contribution in [3.8, 4) is 22.3 Å². The molecular formula is C27H29F2NO2. The van der Waals surface area contributed by atoms with E-state index in [1.54, 1.807) is 24.3 Å². The molecule has 0 aliphatic heterocycles. The van der Waals surface area contributed by atoms with Crippen LogP contribution in [0.1, 0.15) is 68.2 Å². The first-order valence-corrected chi connectivity index (χ1v) is 11.2. The first kappa shape index (κ1) is 23.6. The average molecular weight is 438 g/mol. The number of carbonyl (C=O) groups excluding carboxylic acids is 2. The predicted molar refractivity (Wildman–Crippen MR) is 124 cm³/mol. The van der Waals surface area contributed by atoms with Crippen LogP contribution in [0.3, 0.4) is 0 Å². The van der Waals surface area contributed by atoms with Gasteiger partial charge < -0.3 is 9.36 Å². The van der Waals surface area contributed by atoms with Gasteiger partial charge in [0.1, 0.15) is 17.9 Å². The van der Waals surface area contributed by atoms with Crippen LogP contribution in [-0.2, 0) is 11.2 Å². The summed E-state index contributed by atoms with van der Waals surface area (Å²) in [6.45, 7) is 4.06. The van der Waals surface area contributed by atoms with E-state index < -0.39 is 0 Å². The van der Waals surface area contributed by atoms with Gasteiger partial charge in [0.15, 0.2) is 6.29 Å². The Bertz CT molecular complexity index is 1050. The first-order valence-electron chi connectivity index (χ1n) is 11.2. The lowest BCUT2D eigenvalue weighted by atomic mass is 9.93. The van der Waals surface area contributed by atoms with Gasteiger partial charge in [0, 0.05) is 29.3 Å². The summed E-state index contributed by atoms with van der Waals surface area (Å²) in [5.41, 5.74) is 4.77. The average Bonchev–Trinajstić information content (AvgIpc) is 3.11. The third-order valence-corrected chi connectivity index (χ3v) is 5.72. The smallest absolute Gasteiger partial charge is 0.167 e. The van der Waals surface area contributed by atoms with Crippen molar-refractivity contribution in [1.29, 1.82) is 0 Å². The molecule has 0 aliphatic carbocycles. The number of aromatic nitrogens is 1. The van der Waals surface area contributed by atoms with Crippen LogP contribution in [0.25, 0.3) is 22.3 Å².